The summed E-state index contributed by atoms with van der Waals surface area (Å²) < 4.78 is 0. The maximum Gasteiger partial charge on any atom is 0.0847 e. The van der Waals surface area contributed by atoms with Crippen LogP contribution in [0.4, 0.5) is 5.69 Å². The number of anilines is 1. The first-order valence-electron chi connectivity index (χ1n) is 4.27. The number of aliphatic hydroxyl groups excluding tert-OH is 1. The topological polar surface area (TPSA) is 32.3 Å². The third-order valence-corrected chi connectivity index (χ3v) is 2.09. The molecule has 0 saturated carbocycles. The number of rotatable bonds is 4. The normalized spacial score (nSPS) is 12.5. The largest absolute Gasteiger partial charge is 0.390 e. The van der Waals surface area contributed by atoms with E-state index in [1.54, 1.807) is 0 Å². The van der Waals surface area contributed by atoms with Gasteiger partial charge < -0.3 is 10.4 Å². The first-order valence-corrected chi connectivity index (χ1v) is 4.80. The third-order valence-electron chi connectivity index (χ3n) is 1.74. The van der Waals surface area contributed by atoms with Gasteiger partial charge >= 0.3 is 0 Å². The van der Waals surface area contributed by atoms with E-state index >= 15 is 0 Å². The maximum atomic E-state index is 9.19. The molecule has 0 spiro atoms. The summed E-state index contributed by atoms with van der Waals surface area (Å²) in [5.41, 5.74) is 2.22. The lowest BCUT2D eigenvalue weighted by atomic mass is 10.2. The van der Waals surface area contributed by atoms with Crippen LogP contribution in [0.1, 0.15) is 5.56 Å². The van der Waals surface area contributed by atoms with Crippen molar-refractivity contribution in [3.63, 3.8) is 0 Å². The molecule has 0 bridgehead atoms. The van der Waals surface area contributed by atoms with Crippen LogP contribution in [0.25, 0.3) is 0 Å². The molecule has 1 unspecified atom stereocenters. The van der Waals surface area contributed by atoms with E-state index < -0.39 is 6.10 Å². The summed E-state index contributed by atoms with van der Waals surface area (Å²) in [6.07, 6.45) is -0.484. The fourth-order valence-electron chi connectivity index (χ4n) is 1.05. The highest BCUT2D eigenvalue weighted by atomic mass is 35.5. The van der Waals surface area contributed by atoms with Crippen LogP contribution < -0.4 is 5.32 Å². The molecule has 13 heavy (non-hydrogen) atoms. The third kappa shape index (κ3) is 3.66. The van der Waals surface area contributed by atoms with Crippen LogP contribution in [-0.2, 0) is 0 Å². The minimum Gasteiger partial charge on any atom is -0.390 e. The number of halogens is 1. The summed E-state index contributed by atoms with van der Waals surface area (Å²) in [6.45, 7) is 2.52. The van der Waals surface area contributed by atoms with Gasteiger partial charge in [-0.3, -0.25) is 0 Å². The Hall–Kier alpha value is -0.730. The summed E-state index contributed by atoms with van der Waals surface area (Å²) in [6, 6.07) is 8.00. The number of nitrogens with one attached hydrogen (secondary N) is 1. The van der Waals surface area contributed by atoms with Gasteiger partial charge in [0.15, 0.2) is 0 Å². The van der Waals surface area contributed by atoms with Crippen LogP contribution in [0.2, 0.25) is 0 Å². The summed E-state index contributed by atoms with van der Waals surface area (Å²) in [4.78, 5) is 0. The van der Waals surface area contributed by atoms with Crippen molar-refractivity contribution in [3.05, 3.63) is 29.8 Å². The molecule has 1 aromatic carbocycles. The predicted molar refractivity (Wildman–Crippen MR) is 56.4 cm³/mol. The van der Waals surface area contributed by atoms with Crippen molar-refractivity contribution in [2.45, 2.75) is 13.0 Å². The van der Waals surface area contributed by atoms with Crippen molar-refractivity contribution < 1.29 is 5.11 Å². The molecule has 0 heterocycles. The van der Waals surface area contributed by atoms with Crippen LogP contribution in [0, 0.1) is 6.92 Å². The fourth-order valence-corrected chi connectivity index (χ4v) is 1.15. The average molecular weight is 200 g/mol. The van der Waals surface area contributed by atoms with Gasteiger partial charge in [-0.1, -0.05) is 12.1 Å². The van der Waals surface area contributed by atoms with Crippen molar-refractivity contribution in [1.29, 1.82) is 0 Å². The Morgan fingerprint density at radius 3 is 2.92 bits per heavy atom. The Bertz CT molecular complexity index is 265. The van der Waals surface area contributed by atoms with Crippen LogP contribution in [-0.4, -0.2) is 23.6 Å². The highest BCUT2D eigenvalue weighted by Crippen LogP contribution is 2.09. The van der Waals surface area contributed by atoms with Crippen LogP contribution in [0.15, 0.2) is 24.3 Å². The lowest BCUT2D eigenvalue weighted by molar-refractivity contribution is 0.211. The van der Waals surface area contributed by atoms with Crippen LogP contribution in [0.5, 0.6) is 0 Å². The number of hydrogen-bond donors (Lipinski definition) is 2. The predicted octanol–water partition coefficient (Wildman–Crippen LogP) is 2.01. The lowest BCUT2D eigenvalue weighted by Gasteiger charge is -2.10. The molecule has 1 aromatic rings. The second-order valence-electron chi connectivity index (χ2n) is 3.06. The molecule has 0 saturated heterocycles. The van der Waals surface area contributed by atoms with Gasteiger partial charge in [-0.2, -0.15) is 0 Å². The monoisotopic (exact) mass is 199 g/mol. The van der Waals surface area contributed by atoms with E-state index in [0.717, 1.165) is 5.69 Å². The van der Waals surface area contributed by atoms with Gasteiger partial charge in [-0.15, -0.1) is 11.6 Å². The summed E-state index contributed by atoms with van der Waals surface area (Å²) in [7, 11) is 0. The molecule has 1 atom stereocenters. The summed E-state index contributed by atoms with van der Waals surface area (Å²) in [5, 5.41) is 12.3. The minimum atomic E-state index is -0.484. The van der Waals surface area contributed by atoms with Crippen LogP contribution in [0.3, 0.4) is 0 Å². The molecule has 2 nitrogen and oxygen atoms in total. The SMILES string of the molecule is Cc1cccc(NCC(O)CCl)c1. The van der Waals surface area contributed by atoms with E-state index in [1.165, 1.54) is 5.56 Å². The molecule has 0 amide bonds. The zero-order chi connectivity index (χ0) is 9.68. The van der Waals surface area contributed by atoms with Gasteiger partial charge in [0.25, 0.3) is 0 Å². The highest BCUT2D eigenvalue weighted by Gasteiger charge is 2.00. The quantitative estimate of drug-likeness (QED) is 0.728. The van der Waals surface area contributed by atoms with E-state index in [4.69, 9.17) is 11.6 Å². The van der Waals surface area contributed by atoms with E-state index in [-0.39, 0.29) is 5.88 Å². The van der Waals surface area contributed by atoms with Gasteiger partial charge in [-0.25, -0.2) is 0 Å². The fraction of sp³-hybridized carbons (Fsp3) is 0.400. The molecule has 1 rings (SSSR count). The molecule has 72 valence electrons. The van der Waals surface area contributed by atoms with Gasteiger partial charge in [0.2, 0.25) is 0 Å². The smallest absolute Gasteiger partial charge is 0.0847 e. The zero-order valence-electron chi connectivity index (χ0n) is 7.63. The van der Waals surface area contributed by atoms with Gasteiger partial charge in [0.05, 0.1) is 12.0 Å². The number of alkyl halides is 1. The van der Waals surface area contributed by atoms with Crippen molar-refractivity contribution in [3.8, 4) is 0 Å². The van der Waals surface area contributed by atoms with Crippen LogP contribution >= 0.6 is 11.6 Å². The maximum absolute atomic E-state index is 9.19. The van der Waals surface area contributed by atoms with Crippen molar-refractivity contribution >= 4 is 17.3 Å². The molecule has 0 aliphatic rings. The number of aryl methyl sites for hydroxylation is 1. The van der Waals surface area contributed by atoms with Gasteiger partial charge in [0.1, 0.15) is 0 Å². The van der Waals surface area contributed by atoms with Gasteiger partial charge in [0, 0.05) is 12.2 Å². The molecule has 0 radical (unpaired) electrons. The Balaban J connectivity index is 2.45. The zero-order valence-corrected chi connectivity index (χ0v) is 8.38. The molecular weight excluding hydrogens is 186 g/mol. The Kier molecular flexibility index (Phi) is 4.06. The minimum absolute atomic E-state index is 0.263. The molecule has 0 aliphatic heterocycles. The highest BCUT2D eigenvalue weighted by molar-refractivity contribution is 6.18. The first kappa shape index (κ1) is 10.4. The average Bonchev–Trinajstić information content (AvgIpc) is 2.14. The summed E-state index contributed by atoms with van der Waals surface area (Å²) >= 11 is 5.46. The van der Waals surface area contributed by atoms with Crippen molar-refractivity contribution in [2.75, 3.05) is 17.7 Å². The van der Waals surface area contributed by atoms with E-state index in [1.807, 2.05) is 31.2 Å². The standard InChI is InChI=1S/C10H14ClNO/c1-8-3-2-4-9(5-8)12-7-10(13)6-11/h2-5,10,12-13H,6-7H2,1H3. The molecule has 0 fully saturated rings. The summed E-state index contributed by atoms with van der Waals surface area (Å²) in [5.74, 6) is 0.263. The van der Waals surface area contributed by atoms with Gasteiger partial charge in [-0.05, 0) is 24.6 Å². The molecule has 3 heteroatoms. The second kappa shape index (κ2) is 5.10. The molecule has 0 aliphatic carbocycles. The Morgan fingerprint density at radius 2 is 2.31 bits per heavy atom. The van der Waals surface area contributed by atoms with E-state index in [2.05, 4.69) is 5.32 Å². The van der Waals surface area contributed by atoms with E-state index in [0.29, 0.717) is 6.54 Å². The molecule has 2 N–H and O–H groups in total. The molecular formula is C10H14ClNO. The molecule has 0 aromatic heterocycles. The Morgan fingerprint density at radius 1 is 1.54 bits per heavy atom. The van der Waals surface area contributed by atoms with E-state index in [9.17, 15) is 5.11 Å². The van der Waals surface area contributed by atoms with Crippen molar-refractivity contribution in [1.82, 2.24) is 0 Å². The second-order valence-corrected chi connectivity index (χ2v) is 3.37. The lowest BCUT2D eigenvalue weighted by Crippen LogP contribution is -2.20. The number of hydrogen-bond acceptors (Lipinski definition) is 2. The Labute approximate surface area is 83.5 Å². The number of aliphatic hydroxyl groups is 1. The first-order chi connectivity index (χ1) is 6.22. The number of benzene rings is 1. The van der Waals surface area contributed by atoms with Crippen molar-refractivity contribution in [2.24, 2.45) is 0 Å².